The third-order valence-electron chi connectivity index (χ3n) is 4.13. The minimum absolute atomic E-state index is 0.252. The molecule has 0 saturated carbocycles. The van der Waals surface area contributed by atoms with Gasteiger partial charge in [-0.25, -0.2) is 5.43 Å². The molecule has 1 amide bonds. The van der Waals surface area contributed by atoms with Crippen LogP contribution in [-0.2, 0) is 0 Å². The van der Waals surface area contributed by atoms with Crippen LogP contribution in [0.25, 0.3) is 0 Å². The minimum atomic E-state index is -0.252. The smallest absolute Gasteiger partial charge is 0.271 e. The maximum Gasteiger partial charge on any atom is 0.271 e. The first-order chi connectivity index (χ1) is 13.2. The second-order valence-corrected chi connectivity index (χ2v) is 7.28. The third-order valence-corrected chi connectivity index (χ3v) is 4.62. The Labute approximate surface area is 170 Å². The number of hydrogen-bond acceptors (Lipinski definition) is 3. The van der Waals surface area contributed by atoms with E-state index in [0.29, 0.717) is 12.2 Å². The fourth-order valence-electron chi connectivity index (χ4n) is 2.64. The molecule has 0 aliphatic carbocycles. The zero-order valence-electron chi connectivity index (χ0n) is 15.8. The predicted molar refractivity (Wildman–Crippen MR) is 115 cm³/mol. The van der Waals surface area contributed by atoms with E-state index < -0.39 is 0 Å². The van der Waals surface area contributed by atoms with Crippen molar-refractivity contribution in [3.8, 4) is 5.75 Å². The van der Waals surface area contributed by atoms with Gasteiger partial charge in [0, 0.05) is 15.6 Å². The van der Waals surface area contributed by atoms with Crippen molar-refractivity contribution in [2.45, 2.75) is 45.4 Å². The molecule has 2 rings (SSSR count). The number of carbonyl (C=O) groups is 1. The van der Waals surface area contributed by atoms with Gasteiger partial charge < -0.3 is 4.74 Å². The van der Waals surface area contributed by atoms with Crippen LogP contribution in [0.15, 0.2) is 58.1 Å². The van der Waals surface area contributed by atoms with Crippen molar-refractivity contribution in [3.63, 3.8) is 0 Å². The Morgan fingerprint density at radius 3 is 2.67 bits per heavy atom. The highest BCUT2D eigenvalue weighted by atomic mass is 79.9. The highest BCUT2D eigenvalue weighted by molar-refractivity contribution is 9.10. The molecule has 5 heteroatoms. The Kier molecular flexibility index (Phi) is 9.63. The molecule has 0 spiro atoms. The zero-order valence-corrected chi connectivity index (χ0v) is 17.4. The van der Waals surface area contributed by atoms with Crippen molar-refractivity contribution in [2.24, 2.45) is 5.10 Å². The van der Waals surface area contributed by atoms with E-state index in [0.717, 1.165) is 22.2 Å². The van der Waals surface area contributed by atoms with Gasteiger partial charge in [0.15, 0.2) is 0 Å². The first-order valence-electron chi connectivity index (χ1n) is 9.51. The molecule has 0 saturated heterocycles. The Morgan fingerprint density at radius 1 is 1.07 bits per heavy atom. The standard InChI is InChI=1S/C22H27BrN2O2/c1-2-3-4-5-6-9-15-27-21-14-8-7-11-19(21)17-24-25-22(26)18-12-10-13-20(23)16-18/h7-8,10-14,16-17H,2-6,9,15H2,1H3,(H,25,26)/b24-17+. The fourth-order valence-corrected chi connectivity index (χ4v) is 3.04. The first kappa shape index (κ1) is 21.2. The molecule has 0 aliphatic rings. The molecule has 2 aromatic rings. The van der Waals surface area contributed by atoms with Crippen LogP contribution in [0.4, 0.5) is 0 Å². The number of ether oxygens (including phenoxy) is 1. The summed E-state index contributed by atoms with van der Waals surface area (Å²) >= 11 is 3.36. The number of benzene rings is 2. The molecule has 27 heavy (non-hydrogen) atoms. The second-order valence-electron chi connectivity index (χ2n) is 6.36. The lowest BCUT2D eigenvalue weighted by Crippen LogP contribution is -2.17. The van der Waals surface area contributed by atoms with Crippen molar-refractivity contribution < 1.29 is 9.53 Å². The van der Waals surface area contributed by atoms with Gasteiger partial charge >= 0.3 is 0 Å². The summed E-state index contributed by atoms with van der Waals surface area (Å²) in [5.41, 5.74) is 3.95. The molecule has 0 heterocycles. The molecule has 2 aromatic carbocycles. The Hall–Kier alpha value is -2.14. The average Bonchev–Trinajstić information content (AvgIpc) is 2.68. The number of hydrogen-bond donors (Lipinski definition) is 1. The quantitative estimate of drug-likeness (QED) is 0.271. The fraction of sp³-hybridized carbons (Fsp3) is 0.364. The molecule has 0 aromatic heterocycles. The van der Waals surface area contributed by atoms with Crippen LogP contribution in [0.3, 0.4) is 0 Å². The molecular weight excluding hydrogens is 404 g/mol. The molecule has 0 atom stereocenters. The van der Waals surface area contributed by atoms with Gasteiger partial charge in [-0.2, -0.15) is 5.10 Å². The van der Waals surface area contributed by atoms with Gasteiger partial charge in [-0.1, -0.05) is 73.2 Å². The summed E-state index contributed by atoms with van der Waals surface area (Å²) in [7, 11) is 0. The number of rotatable bonds is 11. The molecular formula is C22H27BrN2O2. The van der Waals surface area contributed by atoms with E-state index in [9.17, 15) is 4.79 Å². The number of nitrogens with zero attached hydrogens (tertiary/aromatic N) is 1. The maximum absolute atomic E-state index is 12.1. The van der Waals surface area contributed by atoms with Gasteiger partial charge in [0.05, 0.1) is 12.8 Å². The maximum atomic E-state index is 12.1. The SMILES string of the molecule is CCCCCCCCOc1ccccc1/C=N/NC(=O)c1cccc(Br)c1. The summed E-state index contributed by atoms with van der Waals surface area (Å²) in [6, 6.07) is 14.9. The first-order valence-corrected chi connectivity index (χ1v) is 10.3. The van der Waals surface area contributed by atoms with Crippen molar-refractivity contribution in [2.75, 3.05) is 6.61 Å². The molecule has 4 nitrogen and oxygen atoms in total. The lowest BCUT2D eigenvalue weighted by molar-refractivity contribution is 0.0955. The summed E-state index contributed by atoms with van der Waals surface area (Å²) in [4.78, 5) is 12.1. The van der Waals surface area contributed by atoms with Crippen molar-refractivity contribution in [1.82, 2.24) is 5.43 Å². The largest absolute Gasteiger partial charge is 0.493 e. The topological polar surface area (TPSA) is 50.7 Å². The molecule has 0 fully saturated rings. The highest BCUT2D eigenvalue weighted by Crippen LogP contribution is 2.17. The monoisotopic (exact) mass is 430 g/mol. The van der Waals surface area contributed by atoms with Gasteiger partial charge in [-0.05, 0) is 36.8 Å². The van der Waals surface area contributed by atoms with Crippen LogP contribution in [0.2, 0.25) is 0 Å². The Bertz CT molecular complexity index is 747. The number of amides is 1. The number of hydrazone groups is 1. The lowest BCUT2D eigenvalue weighted by atomic mass is 10.1. The van der Waals surface area contributed by atoms with Gasteiger partial charge in [0.25, 0.3) is 5.91 Å². The minimum Gasteiger partial charge on any atom is -0.493 e. The third kappa shape index (κ3) is 7.95. The van der Waals surface area contributed by atoms with E-state index in [1.165, 1.54) is 32.1 Å². The van der Waals surface area contributed by atoms with E-state index in [1.807, 2.05) is 36.4 Å². The van der Waals surface area contributed by atoms with Gasteiger partial charge in [0.1, 0.15) is 5.75 Å². The Morgan fingerprint density at radius 2 is 1.85 bits per heavy atom. The normalized spacial score (nSPS) is 10.9. The van der Waals surface area contributed by atoms with Crippen LogP contribution < -0.4 is 10.2 Å². The van der Waals surface area contributed by atoms with Crippen molar-refractivity contribution >= 4 is 28.1 Å². The number of para-hydroxylation sites is 1. The van der Waals surface area contributed by atoms with Gasteiger partial charge in [-0.15, -0.1) is 0 Å². The summed E-state index contributed by atoms with van der Waals surface area (Å²) in [5.74, 6) is 0.532. The summed E-state index contributed by atoms with van der Waals surface area (Å²) in [6.45, 7) is 2.92. The Balaban J connectivity index is 1.82. The van der Waals surface area contributed by atoms with Crippen LogP contribution in [0, 0.1) is 0 Å². The summed E-state index contributed by atoms with van der Waals surface area (Å²) < 4.78 is 6.75. The van der Waals surface area contributed by atoms with Crippen LogP contribution in [0.1, 0.15) is 61.4 Å². The van der Waals surface area contributed by atoms with Gasteiger partial charge in [0.2, 0.25) is 0 Å². The van der Waals surface area contributed by atoms with Crippen molar-refractivity contribution in [1.29, 1.82) is 0 Å². The van der Waals surface area contributed by atoms with E-state index in [1.54, 1.807) is 18.3 Å². The van der Waals surface area contributed by atoms with E-state index in [2.05, 4.69) is 33.4 Å². The molecule has 0 radical (unpaired) electrons. The summed E-state index contributed by atoms with van der Waals surface area (Å²) in [6.07, 6.45) is 9.01. The average molecular weight is 431 g/mol. The number of nitrogens with one attached hydrogen (secondary N) is 1. The highest BCUT2D eigenvalue weighted by Gasteiger charge is 2.05. The van der Waals surface area contributed by atoms with Crippen LogP contribution in [-0.4, -0.2) is 18.7 Å². The molecule has 144 valence electrons. The van der Waals surface area contributed by atoms with Crippen LogP contribution in [0.5, 0.6) is 5.75 Å². The molecule has 1 N–H and O–H groups in total. The van der Waals surface area contributed by atoms with Crippen molar-refractivity contribution in [3.05, 3.63) is 64.1 Å². The molecule has 0 aliphatic heterocycles. The molecule has 0 unspecified atom stereocenters. The lowest BCUT2D eigenvalue weighted by Gasteiger charge is -2.09. The van der Waals surface area contributed by atoms with E-state index in [4.69, 9.17) is 4.74 Å². The predicted octanol–water partition coefficient (Wildman–Crippen LogP) is 5.95. The molecule has 0 bridgehead atoms. The zero-order chi connectivity index (χ0) is 19.3. The number of carbonyl (C=O) groups excluding carboxylic acids is 1. The van der Waals surface area contributed by atoms with Gasteiger partial charge in [-0.3, -0.25) is 4.79 Å². The van der Waals surface area contributed by atoms with Crippen LogP contribution >= 0.6 is 15.9 Å². The summed E-state index contributed by atoms with van der Waals surface area (Å²) in [5, 5.41) is 4.07. The second kappa shape index (κ2) is 12.3. The van der Waals surface area contributed by atoms with E-state index >= 15 is 0 Å². The number of unbranched alkanes of at least 4 members (excludes halogenated alkanes) is 5. The number of halogens is 1. The van der Waals surface area contributed by atoms with E-state index in [-0.39, 0.29) is 5.91 Å².